The first-order valence-corrected chi connectivity index (χ1v) is 18.8. The molecule has 0 saturated heterocycles. The highest BCUT2D eigenvalue weighted by Crippen LogP contribution is 2.39. The maximum Gasteiger partial charge on any atom is 0.238 e. The molecule has 0 radical (unpaired) electrons. The molecule has 56 heavy (non-hydrogen) atoms. The highest BCUT2D eigenvalue weighted by atomic mass is 15.2. The molecular formula is C51H35N5. The van der Waals surface area contributed by atoms with E-state index in [1.165, 1.54) is 0 Å². The van der Waals surface area contributed by atoms with E-state index < -0.39 is 0 Å². The van der Waals surface area contributed by atoms with E-state index in [2.05, 4.69) is 191 Å². The van der Waals surface area contributed by atoms with Crippen molar-refractivity contribution in [2.24, 2.45) is 0 Å². The van der Waals surface area contributed by atoms with Crippen LogP contribution >= 0.6 is 0 Å². The molecular weight excluding hydrogens is 683 g/mol. The van der Waals surface area contributed by atoms with Crippen LogP contribution in [0, 0.1) is 0 Å². The quantitative estimate of drug-likeness (QED) is 0.157. The van der Waals surface area contributed by atoms with E-state index in [9.17, 15) is 0 Å². The number of hydrogen-bond acceptors (Lipinski definition) is 4. The van der Waals surface area contributed by atoms with Crippen molar-refractivity contribution >= 4 is 38.9 Å². The Morgan fingerprint density at radius 3 is 1.48 bits per heavy atom. The van der Waals surface area contributed by atoms with Crippen LogP contribution in [-0.2, 0) is 0 Å². The van der Waals surface area contributed by atoms with Crippen LogP contribution in [0.15, 0.2) is 212 Å². The fourth-order valence-corrected chi connectivity index (χ4v) is 7.62. The Labute approximate surface area is 325 Å². The van der Waals surface area contributed by atoms with Gasteiger partial charge in [-0.3, -0.25) is 4.57 Å². The summed E-state index contributed by atoms with van der Waals surface area (Å²) in [5.74, 6) is 1.80. The molecule has 0 fully saturated rings. The minimum atomic E-state index is 0.571. The van der Waals surface area contributed by atoms with Crippen LogP contribution in [-0.4, -0.2) is 19.5 Å². The van der Waals surface area contributed by atoms with Gasteiger partial charge in [0.1, 0.15) is 0 Å². The highest BCUT2D eigenvalue weighted by Gasteiger charge is 2.20. The van der Waals surface area contributed by atoms with E-state index in [-0.39, 0.29) is 0 Å². The monoisotopic (exact) mass is 717 g/mol. The summed E-state index contributed by atoms with van der Waals surface area (Å²) in [5, 5.41) is 2.29. The first-order chi connectivity index (χ1) is 27.8. The number of para-hydroxylation sites is 4. The number of hydrogen-bond donors (Lipinski definition) is 0. The summed E-state index contributed by atoms with van der Waals surface area (Å²) >= 11 is 0. The molecule has 10 aromatic rings. The molecule has 2 aromatic heterocycles. The summed E-state index contributed by atoms with van der Waals surface area (Å²) in [4.78, 5) is 17.8. The standard InChI is InChI=1S/C51H35N5/c1-5-17-37(18-6-1)44-28-16-29-46-45-27-13-14-30-47(45)56(48(44)46)51-53-49(38-19-7-2-8-20-38)52-50(54-51)39-33-31-36(32-34-39)40-21-15-26-43(35-40)55(41-22-9-3-10-23-41)42-24-11-4-12-25-42/h1-35H. The number of rotatable bonds is 8. The van der Waals surface area contributed by atoms with Crippen molar-refractivity contribution in [2.45, 2.75) is 0 Å². The number of nitrogens with zero attached hydrogens (tertiary/aromatic N) is 5. The Kier molecular flexibility index (Phi) is 8.43. The molecule has 2 heterocycles. The average molecular weight is 718 g/mol. The third-order valence-corrected chi connectivity index (χ3v) is 10.2. The molecule has 10 rings (SSSR count). The fraction of sp³-hybridized carbons (Fsp3) is 0. The zero-order valence-corrected chi connectivity index (χ0v) is 30.4. The van der Waals surface area contributed by atoms with Gasteiger partial charge < -0.3 is 4.90 Å². The van der Waals surface area contributed by atoms with Gasteiger partial charge in [-0.2, -0.15) is 9.97 Å². The van der Waals surface area contributed by atoms with Crippen molar-refractivity contribution in [3.63, 3.8) is 0 Å². The van der Waals surface area contributed by atoms with Gasteiger partial charge in [0.25, 0.3) is 0 Å². The zero-order chi connectivity index (χ0) is 37.3. The van der Waals surface area contributed by atoms with Crippen LogP contribution in [0.2, 0.25) is 0 Å². The van der Waals surface area contributed by atoms with Crippen molar-refractivity contribution in [2.75, 3.05) is 4.90 Å². The molecule has 0 aliphatic carbocycles. The van der Waals surface area contributed by atoms with Gasteiger partial charge >= 0.3 is 0 Å². The number of fused-ring (bicyclic) bond motifs is 3. The van der Waals surface area contributed by atoms with E-state index in [4.69, 9.17) is 15.0 Å². The van der Waals surface area contributed by atoms with Gasteiger partial charge in [-0.25, -0.2) is 4.98 Å². The van der Waals surface area contributed by atoms with Crippen LogP contribution in [0.1, 0.15) is 0 Å². The van der Waals surface area contributed by atoms with Crippen LogP contribution in [0.4, 0.5) is 17.1 Å². The minimum absolute atomic E-state index is 0.571. The number of aromatic nitrogens is 4. The molecule has 5 nitrogen and oxygen atoms in total. The van der Waals surface area contributed by atoms with Gasteiger partial charge in [-0.15, -0.1) is 0 Å². The minimum Gasteiger partial charge on any atom is -0.310 e. The fourth-order valence-electron chi connectivity index (χ4n) is 7.62. The molecule has 0 aliphatic heterocycles. The van der Waals surface area contributed by atoms with Gasteiger partial charge in [0.2, 0.25) is 5.95 Å². The second kappa shape index (κ2) is 14.3. The third-order valence-electron chi connectivity index (χ3n) is 10.2. The summed E-state index contributed by atoms with van der Waals surface area (Å²) in [6.07, 6.45) is 0. The maximum atomic E-state index is 5.25. The van der Waals surface area contributed by atoms with Crippen molar-refractivity contribution < 1.29 is 0 Å². The first-order valence-electron chi connectivity index (χ1n) is 18.8. The second-order valence-corrected chi connectivity index (χ2v) is 13.7. The lowest BCUT2D eigenvalue weighted by molar-refractivity contribution is 0.954. The summed E-state index contributed by atoms with van der Waals surface area (Å²) in [6, 6.07) is 73.9. The molecule has 0 spiro atoms. The Bertz CT molecular complexity index is 2900. The lowest BCUT2D eigenvalue weighted by atomic mass is 10.0. The van der Waals surface area contributed by atoms with Crippen molar-refractivity contribution in [1.29, 1.82) is 0 Å². The lowest BCUT2D eigenvalue weighted by Crippen LogP contribution is -2.09. The molecule has 0 saturated carbocycles. The van der Waals surface area contributed by atoms with Gasteiger partial charge in [-0.05, 0) is 59.2 Å². The van der Waals surface area contributed by atoms with Crippen LogP contribution in [0.25, 0.3) is 72.8 Å². The molecule has 0 bridgehead atoms. The molecule has 5 heteroatoms. The Hall–Kier alpha value is -7.63. The zero-order valence-electron chi connectivity index (χ0n) is 30.4. The molecule has 0 unspecified atom stereocenters. The van der Waals surface area contributed by atoms with E-state index in [1.807, 2.05) is 30.3 Å². The largest absolute Gasteiger partial charge is 0.310 e. The predicted octanol–water partition coefficient (Wildman–Crippen LogP) is 13.1. The van der Waals surface area contributed by atoms with Gasteiger partial charge in [0.15, 0.2) is 11.6 Å². The van der Waals surface area contributed by atoms with Crippen LogP contribution < -0.4 is 4.90 Å². The third kappa shape index (κ3) is 6.07. The normalized spacial score (nSPS) is 11.2. The van der Waals surface area contributed by atoms with Crippen molar-refractivity contribution in [1.82, 2.24) is 19.5 Å². The maximum absolute atomic E-state index is 5.25. The smallest absolute Gasteiger partial charge is 0.238 e. The first kappa shape index (κ1) is 33.0. The number of anilines is 3. The summed E-state index contributed by atoms with van der Waals surface area (Å²) in [6.45, 7) is 0. The van der Waals surface area contributed by atoms with Crippen molar-refractivity contribution in [3.8, 4) is 51.0 Å². The molecule has 264 valence electrons. The lowest BCUT2D eigenvalue weighted by Gasteiger charge is -2.25. The number of benzene rings is 8. The highest BCUT2D eigenvalue weighted by molar-refractivity contribution is 6.13. The molecule has 8 aromatic carbocycles. The van der Waals surface area contributed by atoms with Gasteiger partial charge in [0.05, 0.1) is 11.0 Å². The summed E-state index contributed by atoms with van der Waals surface area (Å²) in [7, 11) is 0. The summed E-state index contributed by atoms with van der Waals surface area (Å²) in [5.41, 5.74) is 11.7. The molecule has 0 aliphatic rings. The Balaban J connectivity index is 1.10. The Morgan fingerprint density at radius 1 is 0.339 bits per heavy atom. The Morgan fingerprint density at radius 2 is 0.821 bits per heavy atom. The second-order valence-electron chi connectivity index (χ2n) is 13.7. The van der Waals surface area contributed by atoms with Crippen molar-refractivity contribution in [3.05, 3.63) is 212 Å². The SMILES string of the molecule is c1ccc(-c2nc(-c3ccc(-c4cccc(N(c5ccccc5)c5ccccc5)c4)cc3)nc(-n3c4ccccc4c4cccc(-c5ccccc5)c43)n2)cc1. The predicted molar refractivity (Wildman–Crippen MR) is 231 cm³/mol. The van der Waals surface area contributed by atoms with E-state index in [1.54, 1.807) is 0 Å². The van der Waals surface area contributed by atoms with E-state index in [0.717, 1.165) is 72.2 Å². The molecule has 0 atom stereocenters. The summed E-state index contributed by atoms with van der Waals surface area (Å²) < 4.78 is 2.20. The van der Waals surface area contributed by atoms with Crippen LogP contribution in [0.3, 0.4) is 0 Å². The van der Waals surface area contributed by atoms with Gasteiger partial charge in [-0.1, -0.05) is 170 Å². The molecule has 0 amide bonds. The van der Waals surface area contributed by atoms with Gasteiger partial charge in [0, 0.05) is 44.5 Å². The topological polar surface area (TPSA) is 46.8 Å². The van der Waals surface area contributed by atoms with E-state index >= 15 is 0 Å². The average Bonchev–Trinajstić information content (AvgIpc) is 3.63. The molecule has 0 N–H and O–H groups in total. The van der Waals surface area contributed by atoms with Crippen LogP contribution in [0.5, 0.6) is 0 Å². The van der Waals surface area contributed by atoms with E-state index in [0.29, 0.717) is 17.6 Å².